The Balaban J connectivity index is 2.27. The zero-order chi connectivity index (χ0) is 13.5. The van der Waals surface area contributed by atoms with Gasteiger partial charge in [-0.05, 0) is 32.1 Å². The van der Waals surface area contributed by atoms with E-state index in [0.717, 1.165) is 11.3 Å². The van der Waals surface area contributed by atoms with Gasteiger partial charge < -0.3 is 4.74 Å². The van der Waals surface area contributed by atoms with Crippen molar-refractivity contribution in [3.8, 4) is 5.88 Å². The third-order valence-corrected chi connectivity index (χ3v) is 2.87. The first-order valence-corrected chi connectivity index (χ1v) is 5.97. The first-order valence-electron chi connectivity index (χ1n) is 5.97. The summed E-state index contributed by atoms with van der Waals surface area (Å²) in [6.45, 7) is 3.85. The van der Waals surface area contributed by atoms with Crippen LogP contribution in [0, 0.1) is 0 Å². The Morgan fingerprint density at radius 1 is 1.26 bits per heavy atom. The van der Waals surface area contributed by atoms with E-state index in [1.165, 1.54) is 23.2 Å². The highest BCUT2D eigenvalue weighted by molar-refractivity contribution is 5.71. The first-order chi connectivity index (χ1) is 9.07. The van der Waals surface area contributed by atoms with Gasteiger partial charge in [0.2, 0.25) is 5.88 Å². The van der Waals surface area contributed by atoms with E-state index in [0.29, 0.717) is 5.88 Å². The second-order valence-corrected chi connectivity index (χ2v) is 4.88. The molecule has 19 heavy (non-hydrogen) atoms. The molecule has 5 nitrogen and oxygen atoms in total. The average molecular weight is 255 g/mol. The van der Waals surface area contributed by atoms with Crippen molar-refractivity contribution in [1.29, 1.82) is 0 Å². The molecule has 0 saturated heterocycles. The second-order valence-electron chi connectivity index (χ2n) is 4.88. The SMILES string of the molecule is CC1(C)C=C(n2cnccc2=O)c2cccnc2O1. The first kappa shape index (κ1) is 11.6. The van der Waals surface area contributed by atoms with Gasteiger partial charge in [-0.3, -0.25) is 9.36 Å². The Kier molecular flexibility index (Phi) is 2.48. The van der Waals surface area contributed by atoms with Gasteiger partial charge in [-0.15, -0.1) is 0 Å². The van der Waals surface area contributed by atoms with Crippen LogP contribution in [0.3, 0.4) is 0 Å². The lowest BCUT2D eigenvalue weighted by Crippen LogP contribution is -2.32. The summed E-state index contributed by atoms with van der Waals surface area (Å²) < 4.78 is 7.29. The molecule has 0 spiro atoms. The zero-order valence-corrected chi connectivity index (χ0v) is 10.7. The minimum atomic E-state index is -0.522. The van der Waals surface area contributed by atoms with E-state index in [1.807, 2.05) is 32.1 Å². The lowest BCUT2D eigenvalue weighted by Gasteiger charge is -2.30. The lowest BCUT2D eigenvalue weighted by molar-refractivity contribution is 0.149. The molecule has 2 aromatic rings. The number of nitrogens with zero attached hydrogens (tertiary/aromatic N) is 3. The van der Waals surface area contributed by atoms with Crippen LogP contribution in [0.25, 0.3) is 5.70 Å². The summed E-state index contributed by atoms with van der Waals surface area (Å²) in [4.78, 5) is 20.2. The molecule has 1 aliphatic rings. The van der Waals surface area contributed by atoms with Crippen molar-refractivity contribution in [3.63, 3.8) is 0 Å². The van der Waals surface area contributed by atoms with Crippen molar-refractivity contribution in [2.75, 3.05) is 0 Å². The van der Waals surface area contributed by atoms with Crippen LogP contribution < -0.4 is 10.3 Å². The van der Waals surface area contributed by atoms with E-state index in [1.54, 1.807) is 6.20 Å². The molecule has 0 fully saturated rings. The Morgan fingerprint density at radius 3 is 2.89 bits per heavy atom. The van der Waals surface area contributed by atoms with Crippen LogP contribution >= 0.6 is 0 Å². The molecule has 0 aliphatic carbocycles. The third-order valence-electron chi connectivity index (χ3n) is 2.87. The third kappa shape index (κ3) is 2.03. The number of hydrogen-bond donors (Lipinski definition) is 0. The van der Waals surface area contributed by atoms with Crippen molar-refractivity contribution < 1.29 is 4.74 Å². The van der Waals surface area contributed by atoms with E-state index in [-0.39, 0.29) is 5.56 Å². The summed E-state index contributed by atoms with van der Waals surface area (Å²) in [6.07, 6.45) is 6.56. The topological polar surface area (TPSA) is 57.0 Å². The van der Waals surface area contributed by atoms with E-state index in [4.69, 9.17) is 4.74 Å². The maximum atomic E-state index is 12.0. The highest BCUT2D eigenvalue weighted by Gasteiger charge is 2.28. The van der Waals surface area contributed by atoms with Crippen molar-refractivity contribution in [2.24, 2.45) is 0 Å². The number of pyridine rings is 1. The Bertz CT molecular complexity index is 716. The molecule has 0 bridgehead atoms. The largest absolute Gasteiger partial charge is 0.467 e. The van der Waals surface area contributed by atoms with Crippen molar-refractivity contribution in [1.82, 2.24) is 14.5 Å². The van der Waals surface area contributed by atoms with Crippen molar-refractivity contribution in [2.45, 2.75) is 19.4 Å². The molecule has 5 heteroatoms. The summed E-state index contributed by atoms with van der Waals surface area (Å²) >= 11 is 0. The standard InChI is InChI=1S/C14H13N3O2/c1-14(2)8-11(17-9-15-7-5-12(17)18)10-4-3-6-16-13(10)19-14/h3-9H,1-2H3. The summed E-state index contributed by atoms with van der Waals surface area (Å²) in [5.41, 5.74) is 0.884. The molecule has 0 saturated carbocycles. The van der Waals surface area contributed by atoms with Crippen molar-refractivity contribution in [3.05, 3.63) is 58.9 Å². The van der Waals surface area contributed by atoms with Gasteiger partial charge in [-0.25, -0.2) is 9.97 Å². The fourth-order valence-electron chi connectivity index (χ4n) is 2.08. The van der Waals surface area contributed by atoms with E-state index in [9.17, 15) is 4.79 Å². The number of rotatable bonds is 1. The van der Waals surface area contributed by atoms with E-state index < -0.39 is 5.60 Å². The normalized spacial score (nSPS) is 16.2. The molecule has 3 rings (SSSR count). The molecule has 0 unspecified atom stereocenters. The van der Waals surface area contributed by atoms with Gasteiger partial charge >= 0.3 is 0 Å². The molecule has 0 radical (unpaired) electrons. The highest BCUT2D eigenvalue weighted by atomic mass is 16.5. The van der Waals surface area contributed by atoms with Crippen molar-refractivity contribution >= 4 is 5.70 Å². The van der Waals surface area contributed by atoms with Gasteiger partial charge in [0.05, 0.1) is 11.3 Å². The molecule has 3 heterocycles. The Labute approximate surface area is 110 Å². The second kappa shape index (κ2) is 4.05. The Morgan fingerprint density at radius 2 is 2.11 bits per heavy atom. The molecule has 0 atom stereocenters. The fraction of sp³-hybridized carbons (Fsp3) is 0.214. The van der Waals surface area contributed by atoms with Crippen LogP contribution in [0.2, 0.25) is 0 Å². The number of aromatic nitrogens is 3. The number of ether oxygens (including phenoxy) is 1. The monoisotopic (exact) mass is 255 g/mol. The molecule has 0 amide bonds. The maximum Gasteiger partial charge on any atom is 0.257 e. The van der Waals surface area contributed by atoms with Crippen LogP contribution in [0.15, 0.2) is 47.8 Å². The summed E-state index contributed by atoms with van der Waals surface area (Å²) in [6, 6.07) is 5.12. The molecule has 96 valence electrons. The molecule has 0 aromatic carbocycles. The highest BCUT2D eigenvalue weighted by Crippen LogP contribution is 2.34. The molecular formula is C14H13N3O2. The predicted octanol–water partition coefficient (Wildman–Crippen LogP) is 1.70. The minimum Gasteiger partial charge on any atom is -0.467 e. The molecule has 2 aromatic heterocycles. The van der Waals surface area contributed by atoms with Gasteiger partial charge in [-0.1, -0.05) is 0 Å². The number of fused-ring (bicyclic) bond motifs is 1. The predicted molar refractivity (Wildman–Crippen MR) is 70.8 cm³/mol. The van der Waals surface area contributed by atoms with Gasteiger partial charge in [0.1, 0.15) is 11.9 Å². The van der Waals surface area contributed by atoms with Crippen LogP contribution in [0.4, 0.5) is 0 Å². The zero-order valence-electron chi connectivity index (χ0n) is 10.7. The molecular weight excluding hydrogens is 242 g/mol. The number of hydrogen-bond acceptors (Lipinski definition) is 4. The maximum absolute atomic E-state index is 12.0. The van der Waals surface area contributed by atoms with Gasteiger partial charge in [0, 0.05) is 18.5 Å². The van der Waals surface area contributed by atoms with E-state index in [2.05, 4.69) is 9.97 Å². The van der Waals surface area contributed by atoms with Crippen LogP contribution in [0.5, 0.6) is 5.88 Å². The van der Waals surface area contributed by atoms with Crippen LogP contribution in [-0.4, -0.2) is 20.1 Å². The van der Waals surface area contributed by atoms with Gasteiger partial charge in [0.25, 0.3) is 5.56 Å². The molecule has 0 N–H and O–H groups in total. The molecule has 1 aliphatic heterocycles. The summed E-state index contributed by atoms with van der Waals surface area (Å²) in [5.74, 6) is 0.528. The Hall–Kier alpha value is -2.43. The van der Waals surface area contributed by atoms with Gasteiger partial charge in [-0.2, -0.15) is 0 Å². The summed E-state index contributed by atoms with van der Waals surface area (Å²) in [5, 5.41) is 0. The van der Waals surface area contributed by atoms with Crippen LogP contribution in [-0.2, 0) is 0 Å². The summed E-state index contributed by atoms with van der Waals surface area (Å²) in [7, 11) is 0. The fourth-order valence-corrected chi connectivity index (χ4v) is 2.08. The lowest BCUT2D eigenvalue weighted by atomic mass is 10.0. The van der Waals surface area contributed by atoms with E-state index >= 15 is 0 Å². The average Bonchev–Trinajstić information content (AvgIpc) is 2.37. The van der Waals surface area contributed by atoms with Crippen LogP contribution in [0.1, 0.15) is 19.4 Å². The smallest absolute Gasteiger partial charge is 0.257 e. The minimum absolute atomic E-state index is 0.131. The van der Waals surface area contributed by atoms with Gasteiger partial charge in [0.15, 0.2) is 0 Å². The quantitative estimate of drug-likeness (QED) is 0.778.